The van der Waals surface area contributed by atoms with E-state index in [4.69, 9.17) is 10.00 Å². The molecule has 0 unspecified atom stereocenters. The van der Waals surface area contributed by atoms with Crippen molar-refractivity contribution in [2.24, 2.45) is 0 Å². The molecule has 2 aromatic rings. The average Bonchev–Trinajstić information content (AvgIpc) is 2.45. The molecule has 0 saturated heterocycles. The lowest BCUT2D eigenvalue weighted by atomic mass is 10.1. The lowest BCUT2D eigenvalue weighted by Gasteiger charge is -2.11. The Balaban J connectivity index is 2.17. The third kappa shape index (κ3) is 3.23. The summed E-state index contributed by atoms with van der Waals surface area (Å²) in [5.41, 5.74) is 1.47. The number of methoxy groups -OCH3 is 1. The number of nitrogens with one attached hydrogen (secondary N) is 1. The zero-order valence-electron chi connectivity index (χ0n) is 10.8. The number of rotatable bonds is 4. The summed E-state index contributed by atoms with van der Waals surface area (Å²) in [5, 5.41) is 11.8. The molecule has 0 radical (unpaired) electrons. The van der Waals surface area contributed by atoms with Crippen molar-refractivity contribution in [3.8, 4) is 11.8 Å². The minimum Gasteiger partial charge on any atom is -0.494 e. The van der Waals surface area contributed by atoms with E-state index in [1.54, 1.807) is 12.1 Å². The van der Waals surface area contributed by atoms with E-state index in [2.05, 4.69) is 5.32 Å². The maximum atomic E-state index is 13.3. The van der Waals surface area contributed by atoms with Gasteiger partial charge in [-0.1, -0.05) is 0 Å². The second-order valence-electron chi connectivity index (χ2n) is 4.16. The Hall–Kier alpha value is -2.61. The molecule has 3 nitrogen and oxygen atoms in total. The molecule has 5 heteroatoms. The number of nitrogens with zero attached hydrogens (tertiary/aromatic N) is 1. The summed E-state index contributed by atoms with van der Waals surface area (Å²) < 4.78 is 31.4. The maximum absolute atomic E-state index is 13.3. The number of hydrogen-bond acceptors (Lipinski definition) is 3. The molecule has 0 amide bonds. The highest BCUT2D eigenvalue weighted by molar-refractivity contribution is 5.56. The van der Waals surface area contributed by atoms with Gasteiger partial charge in [0.1, 0.15) is 17.4 Å². The Morgan fingerprint density at radius 3 is 2.65 bits per heavy atom. The highest BCUT2D eigenvalue weighted by Crippen LogP contribution is 2.25. The van der Waals surface area contributed by atoms with Gasteiger partial charge in [0.25, 0.3) is 0 Å². The monoisotopic (exact) mass is 274 g/mol. The molecule has 0 heterocycles. The minimum atomic E-state index is -0.466. The first-order valence-corrected chi connectivity index (χ1v) is 5.89. The molecule has 0 fully saturated rings. The van der Waals surface area contributed by atoms with Crippen LogP contribution in [0.15, 0.2) is 36.4 Å². The second kappa shape index (κ2) is 6.02. The maximum Gasteiger partial charge on any atom is 0.144 e. The van der Waals surface area contributed by atoms with Gasteiger partial charge in [-0.3, -0.25) is 0 Å². The average molecular weight is 274 g/mol. The first-order chi connectivity index (χ1) is 9.62. The highest BCUT2D eigenvalue weighted by atomic mass is 19.1. The number of benzene rings is 2. The van der Waals surface area contributed by atoms with Crippen molar-refractivity contribution in [2.45, 2.75) is 6.54 Å². The first kappa shape index (κ1) is 13.8. The molecule has 20 heavy (non-hydrogen) atoms. The molecule has 0 saturated carbocycles. The number of nitriles is 1. The van der Waals surface area contributed by atoms with Gasteiger partial charge >= 0.3 is 0 Å². The van der Waals surface area contributed by atoms with E-state index in [1.807, 2.05) is 6.07 Å². The Morgan fingerprint density at radius 2 is 1.95 bits per heavy atom. The van der Waals surface area contributed by atoms with Crippen LogP contribution < -0.4 is 10.1 Å². The molecule has 2 rings (SSSR count). The van der Waals surface area contributed by atoms with Gasteiger partial charge in [-0.05, 0) is 35.9 Å². The van der Waals surface area contributed by atoms with E-state index < -0.39 is 11.6 Å². The zero-order chi connectivity index (χ0) is 14.5. The van der Waals surface area contributed by atoms with Gasteiger partial charge in [0.15, 0.2) is 0 Å². The number of ether oxygens (including phenoxy) is 1. The van der Waals surface area contributed by atoms with Crippen LogP contribution in [0.1, 0.15) is 11.1 Å². The Labute approximate surface area is 115 Å². The van der Waals surface area contributed by atoms with Gasteiger partial charge in [-0.15, -0.1) is 0 Å². The number of hydrogen-bond donors (Lipinski definition) is 1. The van der Waals surface area contributed by atoms with Crippen molar-refractivity contribution in [3.63, 3.8) is 0 Å². The summed E-state index contributed by atoms with van der Waals surface area (Å²) >= 11 is 0. The number of halogens is 2. The van der Waals surface area contributed by atoms with E-state index in [0.29, 0.717) is 23.5 Å². The zero-order valence-corrected chi connectivity index (χ0v) is 10.8. The van der Waals surface area contributed by atoms with Gasteiger partial charge in [-0.25, -0.2) is 8.78 Å². The Bertz CT molecular complexity index is 665. The fraction of sp³-hybridized carbons (Fsp3) is 0.133. The lowest BCUT2D eigenvalue weighted by Crippen LogP contribution is -2.02. The molecule has 0 aliphatic carbocycles. The van der Waals surface area contributed by atoms with Gasteiger partial charge < -0.3 is 10.1 Å². The summed E-state index contributed by atoms with van der Waals surface area (Å²) in [6, 6.07) is 10.1. The largest absolute Gasteiger partial charge is 0.494 e. The van der Waals surface area contributed by atoms with Gasteiger partial charge in [-0.2, -0.15) is 5.26 Å². The van der Waals surface area contributed by atoms with Crippen LogP contribution in [0.4, 0.5) is 14.5 Å². The van der Waals surface area contributed by atoms with Crippen molar-refractivity contribution < 1.29 is 13.5 Å². The van der Waals surface area contributed by atoms with E-state index in [0.717, 1.165) is 0 Å². The van der Waals surface area contributed by atoms with Crippen molar-refractivity contribution >= 4 is 5.69 Å². The van der Waals surface area contributed by atoms with Crippen LogP contribution in [-0.4, -0.2) is 7.11 Å². The molecule has 0 aliphatic rings. The molecule has 1 N–H and O–H groups in total. The highest BCUT2D eigenvalue weighted by Gasteiger charge is 2.05. The smallest absolute Gasteiger partial charge is 0.144 e. The van der Waals surface area contributed by atoms with Gasteiger partial charge in [0.05, 0.1) is 24.4 Å². The predicted octanol–water partition coefficient (Wildman–Crippen LogP) is 3.46. The first-order valence-electron chi connectivity index (χ1n) is 5.89. The van der Waals surface area contributed by atoms with Crippen LogP contribution in [0.2, 0.25) is 0 Å². The lowest BCUT2D eigenvalue weighted by molar-refractivity contribution is 0.413. The standard InChI is InChI=1S/C15H12F2N2O/c1-20-15-7-12(16)2-3-14(15)19-9-11-4-10(8-18)5-13(17)6-11/h2-7,19H,9H2,1H3. The van der Waals surface area contributed by atoms with Crippen molar-refractivity contribution in [2.75, 3.05) is 12.4 Å². The summed E-state index contributed by atoms with van der Waals surface area (Å²) in [4.78, 5) is 0. The fourth-order valence-corrected chi connectivity index (χ4v) is 1.83. The van der Waals surface area contributed by atoms with Crippen LogP contribution in [-0.2, 0) is 6.54 Å². The third-order valence-corrected chi connectivity index (χ3v) is 2.73. The van der Waals surface area contributed by atoms with E-state index >= 15 is 0 Å². The van der Waals surface area contributed by atoms with E-state index in [1.165, 1.54) is 31.4 Å². The Kier molecular flexibility index (Phi) is 4.16. The topological polar surface area (TPSA) is 45.0 Å². The van der Waals surface area contributed by atoms with Crippen LogP contribution in [0.5, 0.6) is 5.75 Å². The molecule has 102 valence electrons. The molecule has 0 atom stereocenters. The SMILES string of the molecule is COc1cc(F)ccc1NCc1cc(F)cc(C#N)c1. The van der Waals surface area contributed by atoms with Crippen LogP contribution >= 0.6 is 0 Å². The van der Waals surface area contributed by atoms with Gasteiger partial charge in [0.2, 0.25) is 0 Å². The summed E-state index contributed by atoms with van der Waals surface area (Å²) in [7, 11) is 1.44. The molecule has 0 aliphatic heterocycles. The van der Waals surface area contributed by atoms with Crippen molar-refractivity contribution in [1.82, 2.24) is 0 Å². The molecule has 2 aromatic carbocycles. The van der Waals surface area contributed by atoms with Crippen LogP contribution in [0.25, 0.3) is 0 Å². The normalized spacial score (nSPS) is 9.90. The minimum absolute atomic E-state index is 0.257. The Morgan fingerprint density at radius 1 is 1.15 bits per heavy atom. The van der Waals surface area contributed by atoms with Gasteiger partial charge in [0, 0.05) is 12.6 Å². The quantitative estimate of drug-likeness (QED) is 0.928. The summed E-state index contributed by atoms with van der Waals surface area (Å²) in [6.07, 6.45) is 0. The van der Waals surface area contributed by atoms with E-state index in [9.17, 15) is 8.78 Å². The molecular formula is C15H12F2N2O. The molecule has 0 spiro atoms. The molecular weight excluding hydrogens is 262 g/mol. The van der Waals surface area contributed by atoms with Crippen molar-refractivity contribution in [1.29, 1.82) is 5.26 Å². The fourth-order valence-electron chi connectivity index (χ4n) is 1.83. The predicted molar refractivity (Wildman–Crippen MR) is 71.4 cm³/mol. The molecule has 0 aromatic heterocycles. The molecule has 0 bridgehead atoms. The summed E-state index contributed by atoms with van der Waals surface area (Å²) in [5.74, 6) is -0.501. The van der Waals surface area contributed by atoms with Crippen LogP contribution in [0.3, 0.4) is 0 Å². The second-order valence-corrected chi connectivity index (χ2v) is 4.16. The van der Waals surface area contributed by atoms with Crippen molar-refractivity contribution in [3.05, 3.63) is 59.2 Å². The van der Waals surface area contributed by atoms with Crippen LogP contribution in [0, 0.1) is 23.0 Å². The third-order valence-electron chi connectivity index (χ3n) is 2.73. The number of anilines is 1. The van der Waals surface area contributed by atoms with E-state index in [-0.39, 0.29) is 5.56 Å². The summed E-state index contributed by atoms with van der Waals surface area (Å²) in [6.45, 7) is 0.300.